The van der Waals surface area contributed by atoms with Crippen molar-refractivity contribution in [3.05, 3.63) is 52.9 Å². The maximum absolute atomic E-state index is 12.8. The second-order valence-electron chi connectivity index (χ2n) is 7.85. The molecule has 0 spiro atoms. The number of primary amides is 1. The van der Waals surface area contributed by atoms with Gasteiger partial charge in [0, 0.05) is 12.1 Å². The summed E-state index contributed by atoms with van der Waals surface area (Å²) in [5, 5.41) is 12.0. The zero-order chi connectivity index (χ0) is 26.4. The third-order valence-corrected chi connectivity index (χ3v) is 7.05. The number of nitrogens with zero attached hydrogens (tertiary/aromatic N) is 3. The van der Waals surface area contributed by atoms with E-state index in [1.807, 2.05) is 28.8 Å². The number of allylic oxidation sites excluding steroid dienone is 1. The Morgan fingerprint density at radius 3 is 2.69 bits per heavy atom. The highest BCUT2D eigenvalue weighted by Crippen LogP contribution is 2.34. The number of anilines is 1. The van der Waals surface area contributed by atoms with E-state index >= 15 is 0 Å². The number of aromatic nitrogens is 3. The molecule has 190 valence electrons. The quantitative estimate of drug-likeness (QED) is 0.217. The minimum absolute atomic E-state index is 0.0189. The number of hydrogen-bond acceptors (Lipinski definition) is 9. The van der Waals surface area contributed by atoms with Crippen molar-refractivity contribution >= 4 is 45.9 Å². The number of carbonyl (C=O) groups excluding carboxylic acids is 3. The summed E-state index contributed by atoms with van der Waals surface area (Å²) < 4.78 is 12.4. The number of carbonyl (C=O) groups is 3. The number of methoxy groups -OCH3 is 1. The molecule has 0 saturated heterocycles. The maximum Gasteiger partial charge on any atom is 0.341 e. The monoisotopic (exact) mass is 529 g/mol. The molecule has 3 rings (SSSR count). The van der Waals surface area contributed by atoms with Crippen LogP contribution in [0, 0.1) is 6.92 Å². The van der Waals surface area contributed by atoms with Crippen LogP contribution < -0.4 is 15.8 Å². The van der Waals surface area contributed by atoms with E-state index in [0.29, 0.717) is 28.8 Å². The first-order valence-electron chi connectivity index (χ1n) is 10.9. The SMILES string of the molecule is C=CCn1c(SCC(=O)Nc2sc(C(N)=O)c(C)c2C(=O)OC(C)C)nnc1-c1cccc(OC)c1. The molecule has 0 aliphatic rings. The Hall–Kier alpha value is -3.64. The van der Waals surface area contributed by atoms with Crippen LogP contribution in [0.25, 0.3) is 11.4 Å². The van der Waals surface area contributed by atoms with E-state index in [4.69, 9.17) is 15.2 Å². The third kappa shape index (κ3) is 6.13. The van der Waals surface area contributed by atoms with Crippen molar-refractivity contribution in [1.29, 1.82) is 0 Å². The van der Waals surface area contributed by atoms with Gasteiger partial charge in [-0.3, -0.25) is 14.2 Å². The number of thioether (sulfide) groups is 1. The fourth-order valence-electron chi connectivity index (χ4n) is 3.31. The molecule has 0 unspecified atom stereocenters. The molecule has 3 aromatic rings. The van der Waals surface area contributed by atoms with Gasteiger partial charge in [-0.05, 0) is 38.5 Å². The number of esters is 1. The second kappa shape index (κ2) is 11.9. The van der Waals surface area contributed by atoms with Gasteiger partial charge >= 0.3 is 5.97 Å². The topological polar surface area (TPSA) is 138 Å². The summed E-state index contributed by atoms with van der Waals surface area (Å²) in [5.74, 6) is -0.448. The van der Waals surface area contributed by atoms with E-state index in [9.17, 15) is 14.4 Å². The molecule has 2 aromatic heterocycles. The van der Waals surface area contributed by atoms with Crippen LogP contribution in [0.3, 0.4) is 0 Å². The number of hydrogen-bond donors (Lipinski definition) is 2. The predicted octanol–water partition coefficient (Wildman–Crippen LogP) is 3.90. The smallest absolute Gasteiger partial charge is 0.341 e. The Kier molecular flexibility index (Phi) is 8.88. The molecule has 12 heteroatoms. The lowest BCUT2D eigenvalue weighted by molar-refractivity contribution is -0.113. The molecule has 1 aromatic carbocycles. The molecule has 0 aliphatic heterocycles. The van der Waals surface area contributed by atoms with E-state index < -0.39 is 17.8 Å². The van der Waals surface area contributed by atoms with Crippen molar-refractivity contribution in [3.8, 4) is 17.1 Å². The summed E-state index contributed by atoms with van der Waals surface area (Å²) in [6.45, 7) is 9.24. The minimum atomic E-state index is -0.687. The molecule has 3 N–H and O–H groups in total. The molecule has 0 aliphatic carbocycles. The Morgan fingerprint density at radius 1 is 1.31 bits per heavy atom. The summed E-state index contributed by atoms with van der Waals surface area (Å²) in [5.41, 5.74) is 6.74. The van der Waals surface area contributed by atoms with E-state index in [-0.39, 0.29) is 27.3 Å². The lowest BCUT2D eigenvalue weighted by atomic mass is 10.1. The first-order valence-corrected chi connectivity index (χ1v) is 12.7. The predicted molar refractivity (Wildman–Crippen MR) is 140 cm³/mol. The summed E-state index contributed by atoms with van der Waals surface area (Å²) >= 11 is 2.12. The number of nitrogens with one attached hydrogen (secondary N) is 1. The molecule has 0 fully saturated rings. The summed E-state index contributed by atoms with van der Waals surface area (Å²) in [6.07, 6.45) is 1.34. The third-order valence-electron chi connectivity index (χ3n) is 4.86. The molecule has 2 amide bonds. The lowest BCUT2D eigenvalue weighted by Crippen LogP contribution is -2.18. The molecular weight excluding hydrogens is 502 g/mol. The Labute approximate surface area is 216 Å². The zero-order valence-corrected chi connectivity index (χ0v) is 22.0. The standard InChI is InChI=1S/C24H27N5O5S2/c1-6-10-29-21(15-8-7-9-16(11-15)33-5)27-28-24(29)35-12-17(30)26-22-18(23(32)34-13(2)3)14(4)19(36-22)20(25)31/h6-9,11,13H,1,10,12H2,2-5H3,(H2,25,31)(H,26,30). The van der Waals surface area contributed by atoms with Crippen LogP contribution in [0.1, 0.15) is 39.4 Å². The molecule has 0 bridgehead atoms. The normalized spacial score (nSPS) is 10.8. The van der Waals surface area contributed by atoms with Crippen molar-refractivity contribution < 1.29 is 23.9 Å². The Bertz CT molecular complexity index is 1300. The number of amides is 2. The average molecular weight is 530 g/mol. The van der Waals surface area contributed by atoms with E-state index in [2.05, 4.69) is 22.1 Å². The minimum Gasteiger partial charge on any atom is -0.497 e. The van der Waals surface area contributed by atoms with Crippen molar-refractivity contribution in [3.63, 3.8) is 0 Å². The second-order valence-corrected chi connectivity index (χ2v) is 9.82. The number of nitrogens with two attached hydrogens (primary N) is 1. The van der Waals surface area contributed by atoms with Crippen LogP contribution in [0.5, 0.6) is 5.75 Å². The van der Waals surface area contributed by atoms with Gasteiger partial charge in [-0.1, -0.05) is 30.0 Å². The van der Waals surface area contributed by atoms with Crippen LogP contribution in [0.15, 0.2) is 42.1 Å². The molecule has 0 radical (unpaired) electrons. The van der Waals surface area contributed by atoms with E-state index in [1.54, 1.807) is 34.0 Å². The fraction of sp³-hybridized carbons (Fsp3) is 0.292. The lowest BCUT2D eigenvalue weighted by Gasteiger charge is -2.11. The number of rotatable bonds is 11. The van der Waals surface area contributed by atoms with E-state index in [1.165, 1.54) is 11.8 Å². The van der Waals surface area contributed by atoms with E-state index in [0.717, 1.165) is 16.9 Å². The van der Waals surface area contributed by atoms with Crippen LogP contribution in [0.2, 0.25) is 0 Å². The number of ether oxygens (including phenoxy) is 2. The number of thiophene rings is 1. The van der Waals surface area contributed by atoms with Gasteiger partial charge in [0.2, 0.25) is 5.91 Å². The van der Waals surface area contributed by atoms with Gasteiger partial charge in [0.1, 0.15) is 10.8 Å². The van der Waals surface area contributed by atoms with Gasteiger partial charge in [-0.2, -0.15) is 0 Å². The van der Waals surface area contributed by atoms with Gasteiger partial charge in [0.05, 0.1) is 29.4 Å². The molecule has 10 nitrogen and oxygen atoms in total. The Morgan fingerprint density at radius 2 is 2.06 bits per heavy atom. The van der Waals surface area contributed by atoms with Crippen molar-refractivity contribution in [2.75, 3.05) is 18.2 Å². The van der Waals surface area contributed by atoms with Gasteiger partial charge in [-0.15, -0.1) is 28.1 Å². The largest absolute Gasteiger partial charge is 0.497 e. The van der Waals surface area contributed by atoms with Crippen LogP contribution in [-0.4, -0.2) is 51.5 Å². The highest BCUT2D eigenvalue weighted by molar-refractivity contribution is 7.99. The van der Waals surface area contributed by atoms with Crippen LogP contribution in [0.4, 0.5) is 5.00 Å². The van der Waals surface area contributed by atoms with Gasteiger partial charge in [-0.25, -0.2) is 4.79 Å². The van der Waals surface area contributed by atoms with Gasteiger partial charge in [0.25, 0.3) is 5.91 Å². The molecule has 36 heavy (non-hydrogen) atoms. The van der Waals surface area contributed by atoms with Crippen molar-refractivity contribution in [2.24, 2.45) is 5.73 Å². The first kappa shape index (κ1) is 27.0. The van der Waals surface area contributed by atoms with Crippen molar-refractivity contribution in [1.82, 2.24) is 14.8 Å². The van der Waals surface area contributed by atoms with Gasteiger partial charge < -0.3 is 20.5 Å². The maximum atomic E-state index is 12.8. The summed E-state index contributed by atoms with van der Waals surface area (Å²) in [4.78, 5) is 37.4. The highest BCUT2D eigenvalue weighted by atomic mass is 32.2. The zero-order valence-electron chi connectivity index (χ0n) is 20.4. The molecule has 2 heterocycles. The summed E-state index contributed by atoms with van der Waals surface area (Å²) in [7, 11) is 1.59. The average Bonchev–Trinajstić information content (AvgIpc) is 3.38. The Balaban J connectivity index is 1.80. The fourth-order valence-corrected chi connectivity index (χ4v) is 5.12. The number of benzene rings is 1. The summed E-state index contributed by atoms with van der Waals surface area (Å²) in [6, 6.07) is 7.42. The first-order chi connectivity index (χ1) is 17.2. The molecule has 0 atom stereocenters. The molecule has 0 saturated carbocycles. The van der Waals surface area contributed by atoms with Crippen molar-refractivity contribution in [2.45, 2.75) is 38.6 Å². The van der Waals surface area contributed by atoms with Crippen LogP contribution in [-0.2, 0) is 16.1 Å². The molecular formula is C24H27N5O5S2. The van der Waals surface area contributed by atoms with Crippen LogP contribution >= 0.6 is 23.1 Å². The highest BCUT2D eigenvalue weighted by Gasteiger charge is 2.26. The van der Waals surface area contributed by atoms with Gasteiger partial charge in [0.15, 0.2) is 11.0 Å².